The van der Waals surface area contributed by atoms with Crippen LogP contribution in [0.5, 0.6) is 0 Å². The van der Waals surface area contributed by atoms with E-state index in [1.807, 2.05) is 72.8 Å². The molecule has 0 saturated heterocycles. The molecule has 0 bridgehead atoms. The van der Waals surface area contributed by atoms with Crippen LogP contribution in [0.1, 0.15) is 0 Å². The Morgan fingerprint density at radius 3 is 1.87 bits per heavy atom. The van der Waals surface area contributed by atoms with Gasteiger partial charge in [0.05, 0.1) is 11.0 Å². The van der Waals surface area contributed by atoms with Gasteiger partial charge in [0.2, 0.25) is 0 Å². The number of aromatic nitrogens is 5. The molecule has 0 radical (unpaired) electrons. The third-order valence-electron chi connectivity index (χ3n) is 8.84. The Morgan fingerprint density at radius 2 is 1.04 bits per heavy atom. The van der Waals surface area contributed by atoms with E-state index >= 15 is 0 Å². The minimum atomic E-state index is 0.609. The lowest BCUT2D eigenvalue weighted by molar-refractivity contribution is 0.669. The van der Waals surface area contributed by atoms with Gasteiger partial charge in [0.15, 0.2) is 17.5 Å². The summed E-state index contributed by atoms with van der Waals surface area (Å²) in [6, 6.07) is 45.4. The highest BCUT2D eigenvalue weighted by atomic mass is 16.3. The summed E-state index contributed by atoms with van der Waals surface area (Å²) in [5.41, 5.74) is 7.47. The van der Waals surface area contributed by atoms with Crippen molar-refractivity contribution in [2.45, 2.75) is 0 Å². The summed E-state index contributed by atoms with van der Waals surface area (Å²) in [5, 5.41) is 6.62. The Morgan fingerprint density at radius 1 is 0.413 bits per heavy atom. The van der Waals surface area contributed by atoms with Crippen LogP contribution >= 0.6 is 0 Å². The van der Waals surface area contributed by atoms with Gasteiger partial charge in [0, 0.05) is 44.4 Å². The zero-order chi connectivity index (χ0) is 30.2. The second-order valence-electron chi connectivity index (χ2n) is 11.5. The van der Waals surface area contributed by atoms with E-state index in [1.165, 1.54) is 0 Å². The van der Waals surface area contributed by atoms with Crippen molar-refractivity contribution in [3.05, 3.63) is 140 Å². The molecule has 0 aliphatic carbocycles. The molecule has 0 unspecified atom stereocenters. The van der Waals surface area contributed by atoms with Crippen LogP contribution in [0, 0.1) is 0 Å². The predicted molar refractivity (Wildman–Crippen MR) is 185 cm³/mol. The SMILES string of the molecule is c1ccc(-c2nc(-c3ccc4oc5ccccc5c4c3)nc(-c3ccc4c(c3)c3ccccc3c3nc5ccccn5c43)n2)cc1. The average Bonchev–Trinajstić information content (AvgIpc) is 3.70. The molecule has 0 saturated carbocycles. The van der Waals surface area contributed by atoms with E-state index in [0.29, 0.717) is 17.5 Å². The zero-order valence-corrected chi connectivity index (χ0v) is 24.4. The standard InChI is InChI=1S/C40H23N5O/c1-2-10-24(11-3-1)38-42-39(44-40(43-38)26-18-20-34-32(23-26)28-13-6-7-15-33(28)46-34)25-17-19-30-31(22-25)27-12-4-5-14-29(27)36-37(30)45-21-9-8-16-35(45)41-36/h1-23H. The van der Waals surface area contributed by atoms with Gasteiger partial charge in [-0.25, -0.2) is 19.9 Å². The Labute approximate surface area is 262 Å². The maximum Gasteiger partial charge on any atom is 0.164 e. The van der Waals surface area contributed by atoms with E-state index < -0.39 is 0 Å². The molecular weight excluding hydrogens is 566 g/mol. The van der Waals surface area contributed by atoms with Crippen LogP contribution in [0.3, 0.4) is 0 Å². The Bertz CT molecular complexity index is 2820. The van der Waals surface area contributed by atoms with Gasteiger partial charge in [0.1, 0.15) is 16.8 Å². The summed E-state index contributed by atoms with van der Waals surface area (Å²) in [6.45, 7) is 0. The number of imidazole rings is 1. The number of furan rings is 1. The minimum absolute atomic E-state index is 0.609. The molecule has 6 nitrogen and oxygen atoms in total. The third-order valence-corrected chi connectivity index (χ3v) is 8.84. The van der Waals surface area contributed by atoms with E-state index in [9.17, 15) is 0 Å². The number of pyridine rings is 1. The predicted octanol–water partition coefficient (Wildman–Crippen LogP) is 9.88. The molecule has 214 valence electrons. The van der Waals surface area contributed by atoms with Crippen LogP contribution in [0.4, 0.5) is 0 Å². The lowest BCUT2D eigenvalue weighted by Crippen LogP contribution is -2.00. The summed E-state index contributed by atoms with van der Waals surface area (Å²) in [6.07, 6.45) is 2.08. The zero-order valence-electron chi connectivity index (χ0n) is 24.4. The van der Waals surface area contributed by atoms with E-state index in [2.05, 4.69) is 71.3 Å². The van der Waals surface area contributed by atoms with E-state index in [-0.39, 0.29) is 0 Å². The molecule has 6 aromatic carbocycles. The van der Waals surface area contributed by atoms with Crippen LogP contribution in [-0.2, 0) is 0 Å². The molecule has 0 aliphatic heterocycles. The fourth-order valence-corrected chi connectivity index (χ4v) is 6.69. The number of hydrogen-bond acceptors (Lipinski definition) is 5. The van der Waals surface area contributed by atoms with Crippen molar-refractivity contribution in [2.24, 2.45) is 0 Å². The van der Waals surface area contributed by atoms with Crippen molar-refractivity contribution in [3.8, 4) is 34.2 Å². The first-order valence-corrected chi connectivity index (χ1v) is 15.2. The number of rotatable bonds is 3. The molecule has 10 aromatic rings. The average molecular weight is 590 g/mol. The molecule has 4 aromatic heterocycles. The van der Waals surface area contributed by atoms with Crippen molar-refractivity contribution < 1.29 is 4.42 Å². The number of hydrogen-bond donors (Lipinski definition) is 0. The van der Waals surface area contributed by atoms with Crippen LogP contribution in [-0.4, -0.2) is 24.3 Å². The molecule has 0 amide bonds. The molecule has 0 N–H and O–H groups in total. The largest absolute Gasteiger partial charge is 0.456 e. The molecule has 0 spiro atoms. The van der Waals surface area contributed by atoms with Gasteiger partial charge in [-0.05, 0) is 53.2 Å². The molecule has 10 rings (SSSR count). The van der Waals surface area contributed by atoms with Crippen LogP contribution in [0.25, 0.3) is 94.3 Å². The quantitative estimate of drug-likeness (QED) is 0.192. The molecule has 0 atom stereocenters. The Hall–Kier alpha value is -6.40. The van der Waals surface area contributed by atoms with Crippen LogP contribution in [0.2, 0.25) is 0 Å². The first-order valence-electron chi connectivity index (χ1n) is 15.2. The maximum absolute atomic E-state index is 6.10. The smallest absolute Gasteiger partial charge is 0.164 e. The summed E-state index contributed by atoms with van der Waals surface area (Å²) in [5.74, 6) is 1.85. The highest BCUT2D eigenvalue weighted by Crippen LogP contribution is 2.38. The third kappa shape index (κ3) is 3.70. The maximum atomic E-state index is 6.10. The number of fused-ring (bicyclic) bond motifs is 11. The second-order valence-corrected chi connectivity index (χ2v) is 11.5. The summed E-state index contributed by atoms with van der Waals surface area (Å²) >= 11 is 0. The van der Waals surface area contributed by atoms with Crippen LogP contribution in [0.15, 0.2) is 144 Å². The summed E-state index contributed by atoms with van der Waals surface area (Å²) in [7, 11) is 0. The molecular formula is C40H23N5O. The van der Waals surface area contributed by atoms with E-state index in [1.54, 1.807) is 0 Å². The van der Waals surface area contributed by atoms with Gasteiger partial charge in [-0.2, -0.15) is 0 Å². The highest BCUT2D eigenvalue weighted by molar-refractivity contribution is 6.24. The van der Waals surface area contributed by atoms with Crippen molar-refractivity contribution in [3.63, 3.8) is 0 Å². The van der Waals surface area contributed by atoms with Gasteiger partial charge >= 0.3 is 0 Å². The lowest BCUT2D eigenvalue weighted by Gasteiger charge is -2.11. The highest BCUT2D eigenvalue weighted by Gasteiger charge is 2.18. The fraction of sp³-hybridized carbons (Fsp3) is 0. The number of para-hydroxylation sites is 1. The summed E-state index contributed by atoms with van der Waals surface area (Å²) in [4.78, 5) is 20.1. The first kappa shape index (κ1) is 25.0. The van der Waals surface area contributed by atoms with Crippen molar-refractivity contribution >= 4 is 60.2 Å². The topological polar surface area (TPSA) is 69.1 Å². The van der Waals surface area contributed by atoms with E-state index in [4.69, 9.17) is 24.4 Å². The van der Waals surface area contributed by atoms with Gasteiger partial charge in [-0.15, -0.1) is 0 Å². The number of benzene rings is 6. The van der Waals surface area contributed by atoms with E-state index in [0.717, 1.165) is 76.9 Å². The summed E-state index contributed by atoms with van der Waals surface area (Å²) < 4.78 is 8.27. The molecule has 6 heteroatoms. The van der Waals surface area contributed by atoms with Crippen molar-refractivity contribution in [1.82, 2.24) is 24.3 Å². The molecule has 46 heavy (non-hydrogen) atoms. The second kappa shape index (κ2) is 9.55. The Balaban J connectivity index is 1.23. The first-order chi connectivity index (χ1) is 22.8. The molecule has 4 heterocycles. The molecule has 0 aliphatic rings. The Kier molecular flexibility index (Phi) is 5.19. The van der Waals surface area contributed by atoms with Crippen molar-refractivity contribution in [2.75, 3.05) is 0 Å². The minimum Gasteiger partial charge on any atom is -0.456 e. The fourth-order valence-electron chi connectivity index (χ4n) is 6.69. The van der Waals surface area contributed by atoms with Gasteiger partial charge in [-0.1, -0.05) is 91.0 Å². The normalized spacial score (nSPS) is 11.9. The van der Waals surface area contributed by atoms with Crippen LogP contribution < -0.4 is 0 Å². The lowest BCUT2D eigenvalue weighted by atomic mass is 9.98. The van der Waals surface area contributed by atoms with Crippen molar-refractivity contribution in [1.29, 1.82) is 0 Å². The van der Waals surface area contributed by atoms with Gasteiger partial charge in [-0.3, -0.25) is 4.40 Å². The van der Waals surface area contributed by atoms with Gasteiger partial charge < -0.3 is 4.42 Å². The number of nitrogens with zero attached hydrogens (tertiary/aromatic N) is 5. The monoisotopic (exact) mass is 589 g/mol. The van der Waals surface area contributed by atoms with Gasteiger partial charge in [0.25, 0.3) is 0 Å². The molecule has 0 fully saturated rings.